The molecule has 0 spiro atoms. The Labute approximate surface area is 217 Å². The van der Waals surface area contributed by atoms with Crippen LogP contribution in [0.15, 0.2) is 65.8 Å². The predicted molar refractivity (Wildman–Crippen MR) is 145 cm³/mol. The van der Waals surface area contributed by atoms with E-state index in [4.69, 9.17) is 4.74 Å². The second kappa shape index (κ2) is 10.1. The molecule has 0 aliphatic carbocycles. The molecule has 0 fully saturated rings. The number of hydrogen-bond acceptors (Lipinski definition) is 8. The Balaban J connectivity index is 1.77. The van der Waals surface area contributed by atoms with Crippen molar-refractivity contribution in [1.82, 2.24) is 14.6 Å². The largest absolute Gasteiger partial charge is 0.455 e. The van der Waals surface area contributed by atoms with E-state index in [0.29, 0.717) is 17.3 Å². The molecular formula is C27H33N7O3. The highest BCUT2D eigenvalue weighted by Gasteiger charge is 2.36. The number of carbonyl (C=O) groups excluding carboxylic acids is 2. The van der Waals surface area contributed by atoms with E-state index in [-0.39, 0.29) is 17.6 Å². The minimum absolute atomic E-state index is 0.0996. The van der Waals surface area contributed by atoms with Crippen LogP contribution in [0, 0.1) is 0 Å². The van der Waals surface area contributed by atoms with Crippen molar-refractivity contribution >= 4 is 35.0 Å². The molecule has 1 aliphatic rings. The van der Waals surface area contributed by atoms with Crippen molar-refractivity contribution in [2.75, 3.05) is 36.5 Å². The maximum Gasteiger partial charge on any atom is 0.359 e. The summed E-state index contributed by atoms with van der Waals surface area (Å²) in [4.78, 5) is 33.4. The van der Waals surface area contributed by atoms with E-state index in [1.807, 2.05) is 93.7 Å². The predicted octanol–water partition coefficient (Wildman–Crippen LogP) is 3.94. The Morgan fingerprint density at radius 2 is 1.54 bits per heavy atom. The molecule has 4 rings (SSSR count). The number of aromatic nitrogens is 2. The minimum atomic E-state index is -0.745. The molecule has 1 N–H and O–H groups in total. The Hall–Kier alpha value is -4.18. The zero-order valence-electron chi connectivity index (χ0n) is 22.3. The first-order valence-corrected chi connectivity index (χ1v) is 12.0. The Morgan fingerprint density at radius 3 is 2.08 bits per heavy atom. The molecule has 37 heavy (non-hydrogen) atoms. The molecule has 0 bridgehead atoms. The number of nitrogens with one attached hydrogen (secondary N) is 1. The van der Waals surface area contributed by atoms with Crippen molar-refractivity contribution in [2.45, 2.75) is 39.3 Å². The zero-order valence-corrected chi connectivity index (χ0v) is 22.3. The average Bonchev–Trinajstić information content (AvgIpc) is 3.37. The normalized spacial score (nSPS) is 15.9. The average molecular weight is 504 g/mol. The van der Waals surface area contributed by atoms with Crippen molar-refractivity contribution in [3.8, 4) is 5.69 Å². The number of hydrogen-bond donors (Lipinski definition) is 1. The molecule has 1 amide bonds. The number of esters is 1. The maximum absolute atomic E-state index is 13.5. The summed E-state index contributed by atoms with van der Waals surface area (Å²) in [6, 6.07) is 18.6. The van der Waals surface area contributed by atoms with Crippen molar-refractivity contribution in [1.29, 1.82) is 0 Å². The lowest BCUT2D eigenvalue weighted by Crippen LogP contribution is -2.41. The first-order chi connectivity index (χ1) is 17.5. The van der Waals surface area contributed by atoms with Gasteiger partial charge in [-0.2, -0.15) is 20.2 Å². The number of amides is 1. The number of benzene rings is 2. The van der Waals surface area contributed by atoms with Crippen molar-refractivity contribution in [3.63, 3.8) is 0 Å². The summed E-state index contributed by atoms with van der Waals surface area (Å²) in [5.74, 6) is -0.489. The molecule has 2 heterocycles. The van der Waals surface area contributed by atoms with E-state index in [1.165, 1.54) is 0 Å². The van der Waals surface area contributed by atoms with Gasteiger partial charge in [0.2, 0.25) is 5.95 Å². The number of ether oxygens (including phenoxy) is 1. The van der Waals surface area contributed by atoms with Crippen LogP contribution in [0.3, 0.4) is 0 Å². The van der Waals surface area contributed by atoms with Gasteiger partial charge in [-0.1, -0.05) is 36.4 Å². The third-order valence-corrected chi connectivity index (χ3v) is 5.78. The first-order valence-electron chi connectivity index (χ1n) is 12.0. The van der Waals surface area contributed by atoms with Crippen LogP contribution in [0.4, 0.5) is 17.5 Å². The van der Waals surface area contributed by atoms with Crippen LogP contribution in [0.5, 0.6) is 0 Å². The van der Waals surface area contributed by atoms with Crippen LogP contribution in [-0.2, 0) is 9.53 Å². The van der Waals surface area contributed by atoms with Gasteiger partial charge in [0.15, 0.2) is 11.5 Å². The Kier molecular flexibility index (Phi) is 7.04. The molecule has 1 aliphatic heterocycles. The number of hydrazone groups is 1. The Bertz CT molecular complexity index is 1310. The maximum atomic E-state index is 13.5. The van der Waals surface area contributed by atoms with E-state index in [2.05, 4.69) is 15.4 Å². The van der Waals surface area contributed by atoms with Crippen molar-refractivity contribution in [2.24, 2.45) is 5.10 Å². The van der Waals surface area contributed by atoms with Crippen LogP contribution in [-0.4, -0.2) is 64.9 Å². The number of imidazole rings is 1. The van der Waals surface area contributed by atoms with Crippen molar-refractivity contribution in [3.05, 3.63) is 66.4 Å². The van der Waals surface area contributed by atoms with E-state index >= 15 is 0 Å². The lowest BCUT2D eigenvalue weighted by atomic mass is 10.2. The monoisotopic (exact) mass is 503 g/mol. The fourth-order valence-corrected chi connectivity index (χ4v) is 3.94. The molecule has 10 heteroatoms. The highest BCUT2D eigenvalue weighted by molar-refractivity contribution is 6.45. The zero-order chi connectivity index (χ0) is 26.9. The topological polar surface area (TPSA) is 95.3 Å². The van der Waals surface area contributed by atoms with Crippen LogP contribution in [0.2, 0.25) is 0 Å². The Morgan fingerprint density at radius 1 is 0.973 bits per heavy atom. The lowest BCUT2D eigenvalue weighted by Gasteiger charge is -2.25. The number of rotatable bonds is 6. The van der Waals surface area contributed by atoms with Gasteiger partial charge in [-0.3, -0.25) is 9.36 Å². The molecule has 10 nitrogen and oxygen atoms in total. The molecule has 0 radical (unpaired) electrons. The summed E-state index contributed by atoms with van der Waals surface area (Å²) >= 11 is 0. The van der Waals surface area contributed by atoms with E-state index in [0.717, 1.165) is 5.69 Å². The molecule has 1 unspecified atom stereocenters. The number of anilines is 3. The van der Waals surface area contributed by atoms with Gasteiger partial charge in [0.1, 0.15) is 11.3 Å². The van der Waals surface area contributed by atoms with Gasteiger partial charge in [0.25, 0.3) is 5.91 Å². The van der Waals surface area contributed by atoms with Crippen LogP contribution >= 0.6 is 0 Å². The number of hydrazine groups is 1. The lowest BCUT2D eigenvalue weighted by molar-refractivity contribution is -0.110. The summed E-state index contributed by atoms with van der Waals surface area (Å²) in [6.07, 6.45) is 0. The summed E-state index contributed by atoms with van der Waals surface area (Å²) in [7, 11) is 5.51. The van der Waals surface area contributed by atoms with E-state index < -0.39 is 17.5 Å². The van der Waals surface area contributed by atoms with Crippen molar-refractivity contribution < 1.29 is 14.3 Å². The van der Waals surface area contributed by atoms with Gasteiger partial charge >= 0.3 is 5.97 Å². The van der Waals surface area contributed by atoms with Gasteiger partial charge in [-0.05, 0) is 52.0 Å². The van der Waals surface area contributed by atoms with E-state index in [9.17, 15) is 9.59 Å². The molecule has 1 atom stereocenters. The molecule has 2 aromatic carbocycles. The molecule has 194 valence electrons. The van der Waals surface area contributed by atoms with Gasteiger partial charge in [0, 0.05) is 26.8 Å². The number of nitrogens with zero attached hydrogens (tertiary/aromatic N) is 6. The summed E-state index contributed by atoms with van der Waals surface area (Å²) < 4.78 is 7.41. The molecule has 1 aromatic heterocycles. The number of para-hydroxylation sites is 2. The quantitative estimate of drug-likeness (QED) is 0.509. The van der Waals surface area contributed by atoms with Crippen LogP contribution in [0.25, 0.3) is 5.69 Å². The molecule has 3 aromatic rings. The molecular weight excluding hydrogens is 470 g/mol. The minimum Gasteiger partial charge on any atom is -0.455 e. The van der Waals surface area contributed by atoms with Gasteiger partial charge < -0.3 is 15.0 Å². The third-order valence-electron chi connectivity index (χ3n) is 5.78. The van der Waals surface area contributed by atoms with Gasteiger partial charge in [-0.25, -0.2) is 4.79 Å². The van der Waals surface area contributed by atoms with Crippen LogP contribution < -0.4 is 15.3 Å². The first kappa shape index (κ1) is 25.9. The second-order valence-corrected chi connectivity index (χ2v) is 9.99. The SMILES string of the molecule is CC1C(C(=O)Nc2nc(N(C)C)n(-c3ccccc3)c2C(=O)OC(C)(C)C)=NN(c2ccccc2)N1C. The fraction of sp³-hybridized carbons (Fsp3) is 0.333. The summed E-state index contributed by atoms with van der Waals surface area (Å²) in [5, 5.41) is 11.0. The fourth-order valence-electron chi connectivity index (χ4n) is 3.94. The standard InChI is InChI=1S/C27H33N7O3/c1-18-21(30-34(32(18)7)20-16-12-9-13-17-20)24(35)28-23-22(25(36)37-27(2,3)4)33(26(29-23)31(5)6)19-14-10-8-11-15-19/h8-18H,1-7H3,(H,28,35). The highest BCUT2D eigenvalue weighted by atomic mass is 16.6. The molecule has 0 saturated carbocycles. The second-order valence-electron chi connectivity index (χ2n) is 9.99. The summed E-state index contributed by atoms with van der Waals surface area (Å²) in [5.41, 5.74) is 1.21. The third kappa shape index (κ3) is 5.34. The number of carbonyl (C=O) groups is 2. The summed E-state index contributed by atoms with van der Waals surface area (Å²) in [6.45, 7) is 7.27. The molecule has 0 saturated heterocycles. The van der Waals surface area contributed by atoms with Gasteiger partial charge in [0.05, 0.1) is 11.7 Å². The highest BCUT2D eigenvalue weighted by Crippen LogP contribution is 2.30. The van der Waals surface area contributed by atoms with Crippen LogP contribution in [0.1, 0.15) is 38.2 Å². The smallest absolute Gasteiger partial charge is 0.359 e. The van der Waals surface area contributed by atoms with Gasteiger partial charge in [-0.15, -0.1) is 0 Å². The van der Waals surface area contributed by atoms with E-state index in [1.54, 1.807) is 35.4 Å².